The van der Waals surface area contributed by atoms with Gasteiger partial charge >= 0.3 is 0 Å². The first-order valence-electron chi connectivity index (χ1n) is 8.30. The minimum Gasteiger partial charge on any atom is -0.371 e. The molecule has 0 atom stereocenters. The summed E-state index contributed by atoms with van der Waals surface area (Å²) in [5.41, 5.74) is 4.87. The van der Waals surface area contributed by atoms with Crippen LogP contribution in [-0.2, 0) is 0 Å². The molecule has 0 saturated heterocycles. The van der Waals surface area contributed by atoms with E-state index in [1.807, 2.05) is 6.07 Å². The van der Waals surface area contributed by atoms with Crippen LogP contribution in [0.25, 0.3) is 17.0 Å². The second-order valence-corrected chi connectivity index (χ2v) is 6.35. The number of aromatic nitrogens is 3. The first-order chi connectivity index (χ1) is 12.0. The Kier molecular flexibility index (Phi) is 6.44. The van der Waals surface area contributed by atoms with Crippen molar-refractivity contribution in [2.45, 2.75) is 27.2 Å². The number of allylic oxidation sites excluding steroid dienone is 6. The predicted molar refractivity (Wildman–Crippen MR) is 100 cm³/mol. The van der Waals surface area contributed by atoms with E-state index < -0.39 is 6.79 Å². The lowest BCUT2D eigenvalue weighted by Crippen LogP contribution is -2.04. The maximum atomic E-state index is 7.12. The molecule has 3 rings (SSSR count). The molecule has 1 aliphatic carbocycles. The Bertz CT molecular complexity index is 772. The Morgan fingerprint density at radius 3 is 2.32 bits per heavy atom. The zero-order chi connectivity index (χ0) is 18.3. The fourth-order valence-corrected chi connectivity index (χ4v) is 2.88. The van der Waals surface area contributed by atoms with Crippen molar-refractivity contribution >= 4 is 5.57 Å². The van der Waals surface area contributed by atoms with Gasteiger partial charge in [-0.3, -0.25) is 5.10 Å². The molecule has 1 heterocycles. The number of rotatable bonds is 3. The molecule has 2 aromatic rings. The lowest BCUT2D eigenvalue weighted by molar-refractivity contribution is 0.0773. The quantitative estimate of drug-likeness (QED) is 0.745. The molecule has 0 bridgehead atoms. The molecule has 0 radical (unpaired) electrons. The van der Waals surface area contributed by atoms with Crippen molar-refractivity contribution < 1.29 is 10.2 Å². The van der Waals surface area contributed by atoms with Crippen molar-refractivity contribution in [3.8, 4) is 11.4 Å². The van der Waals surface area contributed by atoms with E-state index in [4.69, 9.17) is 10.2 Å². The summed E-state index contributed by atoms with van der Waals surface area (Å²) in [5, 5.41) is 21.2. The Morgan fingerprint density at radius 2 is 1.72 bits per heavy atom. The van der Waals surface area contributed by atoms with E-state index in [0.717, 1.165) is 17.8 Å². The van der Waals surface area contributed by atoms with Crippen LogP contribution in [0.5, 0.6) is 0 Å². The normalized spacial score (nSPS) is 15.6. The number of hydrogen-bond donors (Lipinski definition) is 3. The minimum atomic E-state index is -0.750. The number of nitrogens with one attached hydrogen (secondary N) is 1. The Balaban J connectivity index is 0.000000701. The summed E-state index contributed by atoms with van der Waals surface area (Å²) < 4.78 is 0. The summed E-state index contributed by atoms with van der Waals surface area (Å²) in [6.07, 6.45) is 11.7. The van der Waals surface area contributed by atoms with Crippen molar-refractivity contribution in [2.24, 2.45) is 5.41 Å². The summed E-state index contributed by atoms with van der Waals surface area (Å²) in [5.74, 6) is 0.802. The Labute approximate surface area is 148 Å². The molecule has 0 unspecified atom stereocenters. The number of nitrogens with zero attached hydrogens (tertiary/aromatic N) is 2. The number of aromatic amines is 1. The van der Waals surface area contributed by atoms with Crippen molar-refractivity contribution in [2.75, 3.05) is 6.79 Å². The maximum absolute atomic E-state index is 7.12. The third kappa shape index (κ3) is 4.98. The van der Waals surface area contributed by atoms with Gasteiger partial charge in [-0.05, 0) is 17.6 Å². The highest BCUT2D eigenvalue weighted by atomic mass is 16.5. The fourth-order valence-electron chi connectivity index (χ4n) is 2.88. The van der Waals surface area contributed by atoms with Crippen molar-refractivity contribution in [1.82, 2.24) is 15.2 Å². The highest BCUT2D eigenvalue weighted by Gasteiger charge is 2.18. The second-order valence-electron chi connectivity index (χ2n) is 6.35. The van der Waals surface area contributed by atoms with Crippen LogP contribution < -0.4 is 0 Å². The van der Waals surface area contributed by atoms with Crippen LogP contribution in [0.3, 0.4) is 0 Å². The molecule has 0 saturated carbocycles. The molecule has 0 aliphatic heterocycles. The average Bonchev–Trinajstić information content (AvgIpc) is 3.07. The maximum Gasteiger partial charge on any atom is 0.156 e. The third-order valence-corrected chi connectivity index (χ3v) is 3.88. The van der Waals surface area contributed by atoms with Crippen molar-refractivity contribution in [1.29, 1.82) is 0 Å². The van der Waals surface area contributed by atoms with E-state index in [2.05, 4.69) is 78.5 Å². The van der Waals surface area contributed by atoms with Gasteiger partial charge in [0.1, 0.15) is 13.1 Å². The van der Waals surface area contributed by atoms with Crippen molar-refractivity contribution in [3.05, 3.63) is 66.0 Å². The summed E-state index contributed by atoms with van der Waals surface area (Å²) in [7, 11) is 0. The smallest absolute Gasteiger partial charge is 0.156 e. The highest BCUT2D eigenvalue weighted by molar-refractivity contribution is 5.84. The minimum absolute atomic E-state index is 0.0265. The Hall–Kier alpha value is -2.50. The van der Waals surface area contributed by atoms with E-state index in [1.165, 1.54) is 16.7 Å². The monoisotopic (exact) mass is 339 g/mol. The number of aliphatic hydroxyl groups excluding tert-OH is 1. The number of hydrogen-bond acceptors (Lipinski definition) is 4. The Morgan fingerprint density at radius 1 is 1.04 bits per heavy atom. The van der Waals surface area contributed by atoms with Crippen LogP contribution in [0.1, 0.15) is 32.8 Å². The molecule has 3 N–H and O–H groups in total. The van der Waals surface area contributed by atoms with Crippen LogP contribution >= 0.6 is 0 Å². The summed E-state index contributed by atoms with van der Waals surface area (Å²) >= 11 is 0. The van der Waals surface area contributed by atoms with Gasteiger partial charge in [0.25, 0.3) is 0 Å². The number of aliphatic hydroxyl groups is 2. The molecule has 132 valence electrons. The molecule has 5 nitrogen and oxygen atoms in total. The number of benzene rings is 1. The van der Waals surface area contributed by atoms with E-state index in [1.54, 1.807) is 6.33 Å². The van der Waals surface area contributed by atoms with E-state index in [0.29, 0.717) is 0 Å². The van der Waals surface area contributed by atoms with Crippen LogP contribution in [-0.4, -0.2) is 32.2 Å². The van der Waals surface area contributed by atoms with Gasteiger partial charge in [0.15, 0.2) is 5.82 Å². The summed E-state index contributed by atoms with van der Waals surface area (Å²) in [4.78, 5) is 4.30. The predicted octanol–water partition coefficient (Wildman–Crippen LogP) is 3.72. The van der Waals surface area contributed by atoms with E-state index in [-0.39, 0.29) is 5.41 Å². The zero-order valence-corrected chi connectivity index (χ0v) is 14.9. The molecule has 1 aromatic carbocycles. The molecular weight excluding hydrogens is 314 g/mol. The molecule has 5 heteroatoms. The standard InChI is InChI=1S/C19H21N3.CH4O2/c1-4-14-9-10-15(12-19(2,3)11-14)16-7-5-6-8-17(16)18-20-13-21-22-18;2-1-3/h5-13H,4H2,1-3H3,(H,20,21,22);2-3H,1H2. The highest BCUT2D eigenvalue weighted by Crippen LogP contribution is 2.35. The second kappa shape index (κ2) is 8.55. The number of H-pyrrole nitrogens is 1. The molecule has 0 spiro atoms. The lowest BCUT2D eigenvalue weighted by atomic mass is 9.87. The van der Waals surface area contributed by atoms with Gasteiger partial charge in [-0.1, -0.05) is 74.9 Å². The van der Waals surface area contributed by atoms with Gasteiger partial charge < -0.3 is 10.2 Å². The van der Waals surface area contributed by atoms with Crippen LogP contribution in [0.15, 0.2) is 60.5 Å². The molecule has 25 heavy (non-hydrogen) atoms. The fraction of sp³-hybridized carbons (Fsp3) is 0.300. The molecule has 0 amide bonds. The van der Waals surface area contributed by atoms with E-state index >= 15 is 0 Å². The largest absolute Gasteiger partial charge is 0.371 e. The first kappa shape index (κ1) is 18.8. The summed E-state index contributed by atoms with van der Waals surface area (Å²) in [6.45, 7) is 5.93. The SMILES string of the molecule is CCC1=CC(C)(C)C=C(c2ccccc2-c2ncn[nH]2)C=C1.OCO. The zero-order valence-electron chi connectivity index (χ0n) is 14.9. The van der Waals surface area contributed by atoms with Crippen LogP contribution in [0.4, 0.5) is 0 Å². The van der Waals surface area contributed by atoms with E-state index in [9.17, 15) is 0 Å². The average molecular weight is 339 g/mol. The van der Waals surface area contributed by atoms with Gasteiger partial charge in [-0.2, -0.15) is 5.10 Å². The third-order valence-electron chi connectivity index (χ3n) is 3.88. The molecule has 1 aromatic heterocycles. The van der Waals surface area contributed by atoms with Gasteiger partial charge in [-0.25, -0.2) is 4.98 Å². The molecule has 1 aliphatic rings. The molecule has 0 fully saturated rings. The van der Waals surface area contributed by atoms with Crippen LogP contribution in [0.2, 0.25) is 0 Å². The lowest BCUT2D eigenvalue weighted by Gasteiger charge is -2.17. The van der Waals surface area contributed by atoms with Gasteiger partial charge in [-0.15, -0.1) is 0 Å². The van der Waals surface area contributed by atoms with Crippen LogP contribution in [0, 0.1) is 5.41 Å². The van der Waals surface area contributed by atoms with Gasteiger partial charge in [0.05, 0.1) is 0 Å². The van der Waals surface area contributed by atoms with Crippen molar-refractivity contribution in [3.63, 3.8) is 0 Å². The van der Waals surface area contributed by atoms with Gasteiger partial charge in [0, 0.05) is 11.0 Å². The molecular formula is C20H25N3O2. The first-order valence-corrected chi connectivity index (χ1v) is 8.30. The van der Waals surface area contributed by atoms with Gasteiger partial charge in [0.2, 0.25) is 0 Å². The topological polar surface area (TPSA) is 82.0 Å². The summed E-state index contributed by atoms with van der Waals surface area (Å²) in [6, 6.07) is 8.32.